The predicted molar refractivity (Wildman–Crippen MR) is 88.0 cm³/mol. The molecule has 0 aliphatic heterocycles. The van der Waals surface area contributed by atoms with Crippen LogP contribution in [0.2, 0.25) is 0 Å². The molecule has 0 aliphatic carbocycles. The molecule has 0 unspecified atom stereocenters. The van der Waals surface area contributed by atoms with Crippen molar-refractivity contribution in [2.24, 2.45) is 0 Å². The second-order valence-electron chi connectivity index (χ2n) is 5.22. The van der Waals surface area contributed by atoms with Gasteiger partial charge >= 0.3 is 0 Å². The summed E-state index contributed by atoms with van der Waals surface area (Å²) in [7, 11) is 0. The number of hydrogen-bond acceptors (Lipinski definition) is 3. The number of nitrogens with zero attached hydrogens (tertiary/aromatic N) is 3. The summed E-state index contributed by atoms with van der Waals surface area (Å²) < 4.78 is 2.31. The number of rotatable bonds is 2. The Bertz CT molecular complexity index is 1030. The van der Waals surface area contributed by atoms with Gasteiger partial charge in [-0.15, -0.1) is 4.73 Å². The van der Waals surface area contributed by atoms with Crippen molar-refractivity contribution in [2.45, 2.75) is 0 Å². The molecular formula is C18H13N3O2. The van der Waals surface area contributed by atoms with Crippen LogP contribution in [0, 0.1) is 0 Å². The Labute approximate surface area is 131 Å². The van der Waals surface area contributed by atoms with Crippen molar-refractivity contribution in [3.05, 3.63) is 83.3 Å². The lowest BCUT2D eigenvalue weighted by atomic mass is 10.1. The van der Waals surface area contributed by atoms with E-state index in [2.05, 4.69) is 5.10 Å². The Hall–Kier alpha value is -3.34. The van der Waals surface area contributed by atoms with Crippen molar-refractivity contribution >= 4 is 10.9 Å². The number of hydrogen-bond donors (Lipinski definition) is 1. The zero-order valence-electron chi connectivity index (χ0n) is 12.1. The molecule has 2 heterocycles. The molecule has 0 bridgehead atoms. The second-order valence-corrected chi connectivity index (χ2v) is 5.22. The minimum Gasteiger partial charge on any atom is -0.425 e. The summed E-state index contributed by atoms with van der Waals surface area (Å²) >= 11 is 0. The summed E-state index contributed by atoms with van der Waals surface area (Å²) in [5, 5.41) is 15.0. The number of fused-ring (bicyclic) bond motifs is 1. The van der Waals surface area contributed by atoms with E-state index in [0.717, 1.165) is 11.3 Å². The summed E-state index contributed by atoms with van der Waals surface area (Å²) in [6.07, 6.45) is 1.63. The molecule has 1 N–H and O–H groups in total. The molecular weight excluding hydrogens is 290 g/mol. The first-order valence-electron chi connectivity index (χ1n) is 7.19. The Morgan fingerprint density at radius 3 is 2.26 bits per heavy atom. The van der Waals surface area contributed by atoms with E-state index in [0.29, 0.717) is 21.3 Å². The van der Waals surface area contributed by atoms with Gasteiger partial charge in [-0.05, 0) is 18.2 Å². The van der Waals surface area contributed by atoms with E-state index < -0.39 is 5.56 Å². The van der Waals surface area contributed by atoms with E-state index in [1.165, 1.54) is 0 Å². The maximum atomic E-state index is 12.4. The van der Waals surface area contributed by atoms with E-state index in [9.17, 15) is 10.0 Å². The van der Waals surface area contributed by atoms with E-state index in [1.807, 2.05) is 60.7 Å². The minimum atomic E-state index is -0.483. The molecule has 112 valence electrons. The Morgan fingerprint density at radius 2 is 1.57 bits per heavy atom. The number of pyridine rings is 1. The fourth-order valence-corrected chi connectivity index (χ4v) is 2.60. The highest BCUT2D eigenvalue weighted by Crippen LogP contribution is 2.21. The van der Waals surface area contributed by atoms with Crippen LogP contribution in [-0.2, 0) is 0 Å². The number of benzene rings is 2. The quantitative estimate of drug-likeness (QED) is 0.579. The molecule has 5 heteroatoms. The first kappa shape index (κ1) is 13.3. The van der Waals surface area contributed by atoms with Gasteiger partial charge < -0.3 is 5.21 Å². The van der Waals surface area contributed by atoms with Gasteiger partial charge in [0.15, 0.2) is 0 Å². The van der Waals surface area contributed by atoms with Gasteiger partial charge in [0.25, 0.3) is 5.56 Å². The highest BCUT2D eigenvalue weighted by molar-refractivity contribution is 5.82. The maximum Gasteiger partial charge on any atom is 0.294 e. The molecule has 4 aromatic rings. The van der Waals surface area contributed by atoms with Crippen molar-refractivity contribution in [1.29, 1.82) is 0 Å². The van der Waals surface area contributed by atoms with Crippen LogP contribution in [0.3, 0.4) is 0 Å². The van der Waals surface area contributed by atoms with E-state index in [4.69, 9.17) is 0 Å². The lowest BCUT2D eigenvalue weighted by Crippen LogP contribution is -2.18. The normalized spacial score (nSPS) is 11.0. The summed E-state index contributed by atoms with van der Waals surface area (Å²) in [5.74, 6) is 0. The van der Waals surface area contributed by atoms with Crippen molar-refractivity contribution < 1.29 is 5.21 Å². The molecule has 5 nitrogen and oxygen atoms in total. The summed E-state index contributed by atoms with van der Waals surface area (Å²) in [6.45, 7) is 0. The van der Waals surface area contributed by atoms with Crippen LogP contribution >= 0.6 is 0 Å². The van der Waals surface area contributed by atoms with Crippen molar-refractivity contribution in [3.8, 4) is 16.9 Å². The number of aromatic nitrogens is 3. The monoisotopic (exact) mass is 303 g/mol. The number of para-hydroxylation sites is 1. The van der Waals surface area contributed by atoms with Gasteiger partial charge in [-0.3, -0.25) is 4.79 Å². The summed E-state index contributed by atoms with van der Waals surface area (Å²) in [5.41, 5.74) is 2.09. The van der Waals surface area contributed by atoms with E-state index in [-0.39, 0.29) is 0 Å². The minimum absolute atomic E-state index is 0.371. The summed E-state index contributed by atoms with van der Waals surface area (Å²) in [6, 6.07) is 20.5. The SMILES string of the molecule is O=c1c2cn(-c3ccccc3)nc2cc(-c2ccccc2)n1O. The lowest BCUT2D eigenvalue weighted by Gasteiger charge is -2.05. The second kappa shape index (κ2) is 5.14. The average Bonchev–Trinajstić information content (AvgIpc) is 3.04. The van der Waals surface area contributed by atoms with E-state index in [1.54, 1.807) is 16.9 Å². The molecule has 2 aromatic carbocycles. The van der Waals surface area contributed by atoms with Gasteiger partial charge in [0, 0.05) is 11.8 Å². The van der Waals surface area contributed by atoms with Gasteiger partial charge in [0.1, 0.15) is 5.52 Å². The van der Waals surface area contributed by atoms with Gasteiger partial charge in [-0.25, -0.2) is 4.68 Å². The van der Waals surface area contributed by atoms with Gasteiger partial charge in [0.2, 0.25) is 0 Å². The highest BCUT2D eigenvalue weighted by atomic mass is 16.5. The molecule has 0 spiro atoms. The highest BCUT2D eigenvalue weighted by Gasteiger charge is 2.13. The van der Waals surface area contributed by atoms with Gasteiger partial charge in [-0.2, -0.15) is 5.10 Å². The molecule has 23 heavy (non-hydrogen) atoms. The van der Waals surface area contributed by atoms with Crippen LogP contribution in [0.25, 0.3) is 27.8 Å². The lowest BCUT2D eigenvalue weighted by molar-refractivity contribution is 0.181. The van der Waals surface area contributed by atoms with Gasteiger partial charge in [-0.1, -0.05) is 48.5 Å². The maximum absolute atomic E-state index is 12.4. The third-order valence-electron chi connectivity index (χ3n) is 3.76. The molecule has 0 fully saturated rings. The molecule has 0 amide bonds. The zero-order valence-corrected chi connectivity index (χ0v) is 12.1. The Morgan fingerprint density at radius 1 is 0.913 bits per heavy atom. The van der Waals surface area contributed by atoms with E-state index >= 15 is 0 Å². The third-order valence-corrected chi connectivity index (χ3v) is 3.76. The fraction of sp³-hybridized carbons (Fsp3) is 0. The van der Waals surface area contributed by atoms with Crippen LogP contribution in [0.4, 0.5) is 0 Å². The largest absolute Gasteiger partial charge is 0.425 e. The first-order chi connectivity index (χ1) is 11.2. The van der Waals surface area contributed by atoms with Crippen molar-refractivity contribution in [2.75, 3.05) is 0 Å². The van der Waals surface area contributed by atoms with Crippen LogP contribution in [0.1, 0.15) is 0 Å². The third kappa shape index (κ3) is 2.19. The van der Waals surface area contributed by atoms with Crippen molar-refractivity contribution in [1.82, 2.24) is 14.5 Å². The smallest absolute Gasteiger partial charge is 0.294 e. The molecule has 4 rings (SSSR count). The first-order valence-corrected chi connectivity index (χ1v) is 7.19. The molecule has 0 saturated heterocycles. The van der Waals surface area contributed by atoms with Crippen LogP contribution < -0.4 is 5.56 Å². The average molecular weight is 303 g/mol. The standard InChI is InChI=1S/C18H13N3O2/c22-18-15-12-20(14-9-5-2-6-10-14)19-16(15)11-17(21(18)23)13-7-3-1-4-8-13/h1-12,23H. The Kier molecular flexibility index (Phi) is 2.98. The molecule has 2 aromatic heterocycles. The predicted octanol–water partition coefficient (Wildman–Crippen LogP) is 3.09. The zero-order chi connectivity index (χ0) is 15.8. The molecule has 0 saturated carbocycles. The molecule has 0 radical (unpaired) electrons. The summed E-state index contributed by atoms with van der Waals surface area (Å²) in [4.78, 5) is 12.4. The molecule has 0 atom stereocenters. The van der Waals surface area contributed by atoms with Gasteiger partial charge in [0.05, 0.1) is 16.8 Å². The Balaban J connectivity index is 1.96. The van der Waals surface area contributed by atoms with Crippen LogP contribution in [-0.4, -0.2) is 19.7 Å². The topological polar surface area (TPSA) is 60.0 Å². The van der Waals surface area contributed by atoms with Crippen molar-refractivity contribution in [3.63, 3.8) is 0 Å². The van der Waals surface area contributed by atoms with Crippen LogP contribution in [0.5, 0.6) is 0 Å². The fourth-order valence-electron chi connectivity index (χ4n) is 2.60. The molecule has 0 aliphatic rings. The van der Waals surface area contributed by atoms with Crippen LogP contribution in [0.15, 0.2) is 77.7 Å².